The number of aliphatic hydroxyl groups excluding tert-OH is 16. The van der Waals surface area contributed by atoms with E-state index >= 15 is 0 Å². The van der Waals surface area contributed by atoms with Crippen molar-refractivity contribution in [2.75, 3.05) is 39.6 Å². The minimum Gasteiger partial charge on any atom is -0.394 e. The normalized spacial score (nSPS) is 34.8. The van der Waals surface area contributed by atoms with E-state index in [0.29, 0.717) is 12.8 Å². The van der Waals surface area contributed by atoms with Gasteiger partial charge in [-0.2, -0.15) is 0 Å². The molecule has 5 fully saturated rings. The maximum Gasteiger partial charge on any atom is 0.220 e. The Morgan fingerprint density at radius 3 is 1.15 bits per heavy atom. The molecule has 608 valence electrons. The monoisotopic (exact) mass is 1500 g/mol. The molecule has 5 aliphatic rings. The van der Waals surface area contributed by atoms with Crippen molar-refractivity contribution < 1.29 is 139 Å². The maximum absolute atomic E-state index is 13.5. The van der Waals surface area contributed by atoms with Crippen LogP contribution in [0.2, 0.25) is 0 Å². The first-order chi connectivity index (χ1) is 50.2. The number of carbonyl (C=O) groups is 2. The van der Waals surface area contributed by atoms with Crippen LogP contribution in [-0.4, -0.2) is 299 Å². The van der Waals surface area contributed by atoms with Crippen molar-refractivity contribution >= 4 is 11.8 Å². The number of unbranched alkanes of at least 4 members (excludes halogenated alkanes) is 28. The molecule has 2 amide bonds. The highest BCUT2D eigenvalue weighted by molar-refractivity contribution is 5.76. The van der Waals surface area contributed by atoms with E-state index in [1.165, 1.54) is 128 Å². The summed E-state index contributed by atoms with van der Waals surface area (Å²) in [5, 5.41) is 181. The Kier molecular flexibility index (Phi) is 45.8. The molecule has 18 N–H and O–H groups in total. The van der Waals surface area contributed by atoms with Crippen molar-refractivity contribution in [1.82, 2.24) is 10.6 Å². The molecular formula is C74H134N2O28. The van der Waals surface area contributed by atoms with Crippen LogP contribution in [0.5, 0.6) is 0 Å². The molecule has 10 unspecified atom stereocenters. The molecule has 0 aliphatic carbocycles. The van der Waals surface area contributed by atoms with Gasteiger partial charge in [0, 0.05) is 13.3 Å². The van der Waals surface area contributed by atoms with Crippen LogP contribution in [0.15, 0.2) is 24.3 Å². The second-order valence-corrected chi connectivity index (χ2v) is 28.9. The molecule has 0 aromatic rings. The zero-order chi connectivity index (χ0) is 75.9. The van der Waals surface area contributed by atoms with Crippen LogP contribution in [0.3, 0.4) is 0 Å². The Morgan fingerprint density at radius 1 is 0.375 bits per heavy atom. The third-order valence-corrected chi connectivity index (χ3v) is 20.4. The van der Waals surface area contributed by atoms with Crippen LogP contribution in [0.1, 0.15) is 226 Å². The Bertz CT molecular complexity index is 2300. The molecule has 5 rings (SSSR count). The fourth-order valence-electron chi connectivity index (χ4n) is 14.0. The van der Waals surface area contributed by atoms with Crippen molar-refractivity contribution in [3.8, 4) is 0 Å². The van der Waals surface area contributed by atoms with E-state index in [4.69, 9.17) is 47.4 Å². The van der Waals surface area contributed by atoms with E-state index in [0.717, 1.165) is 64.7 Å². The van der Waals surface area contributed by atoms with Gasteiger partial charge in [-0.3, -0.25) is 9.59 Å². The Balaban J connectivity index is 1.17. The molecule has 30 nitrogen and oxygen atoms in total. The topological polar surface area (TPSA) is 474 Å². The van der Waals surface area contributed by atoms with Gasteiger partial charge in [-0.1, -0.05) is 192 Å². The minimum absolute atomic E-state index is 0.189. The second-order valence-electron chi connectivity index (χ2n) is 28.9. The number of hydrogen-bond acceptors (Lipinski definition) is 28. The van der Waals surface area contributed by atoms with Gasteiger partial charge in [0.25, 0.3) is 0 Å². The average molecular weight is 1500 g/mol. The molecule has 5 heterocycles. The van der Waals surface area contributed by atoms with Gasteiger partial charge in [0.15, 0.2) is 31.5 Å². The predicted octanol–water partition coefficient (Wildman–Crippen LogP) is 1.72. The Morgan fingerprint density at radius 2 is 0.721 bits per heavy atom. The first-order valence-electron chi connectivity index (χ1n) is 39.1. The number of amides is 2. The Labute approximate surface area is 614 Å². The van der Waals surface area contributed by atoms with Crippen molar-refractivity contribution in [3.63, 3.8) is 0 Å². The van der Waals surface area contributed by atoms with Crippen LogP contribution in [0.4, 0.5) is 0 Å². The summed E-state index contributed by atoms with van der Waals surface area (Å²) >= 11 is 0. The van der Waals surface area contributed by atoms with E-state index in [2.05, 4.69) is 36.6 Å². The standard InChI is InChI=1S/C74H134N2O28/c1-4-6-8-10-12-14-16-18-19-20-21-22-23-24-25-27-29-31-33-35-37-39-54(84)76-47(48(83)38-36-34-32-30-28-26-17-15-13-11-9-7-5-2)45-95-71-63(92)61(90)67(53(44-81)100-71)102-74-64(93)68(57(86)50(41-78)98-74)103-70-55(75-46(3)82)59(88)66(52(43-80)99-70)101-73-65(94)69(58(87)51(42-79)97-73)104-72-62(91)60(89)56(85)49(40-77)96-72/h18-19,36,38,47-53,55-74,77-81,83,85-94H,4-17,20-35,37,39-45H2,1-3H3,(H,75,82)(H,76,84)/b19-18-,38-36+/t47-,48+,49?,50?,51?,52?,53?,55?,56-,57-,58-,59+,60-,61+,62?,63?,64?,65?,66+,67+,68-,69-,70-,71+,72-,73-,74-/m0/s1. The first kappa shape index (κ1) is 92.0. The highest BCUT2D eigenvalue weighted by Gasteiger charge is 2.57. The van der Waals surface area contributed by atoms with Crippen LogP contribution >= 0.6 is 0 Å². The molecule has 0 bridgehead atoms. The molecule has 30 heteroatoms. The molecule has 0 aromatic carbocycles. The van der Waals surface area contributed by atoms with Crippen molar-refractivity contribution in [1.29, 1.82) is 0 Å². The van der Waals surface area contributed by atoms with E-state index in [-0.39, 0.29) is 12.3 Å². The van der Waals surface area contributed by atoms with Crippen LogP contribution < -0.4 is 10.6 Å². The number of carbonyl (C=O) groups excluding carboxylic acids is 2. The summed E-state index contributed by atoms with van der Waals surface area (Å²) in [6, 6.07) is -2.82. The maximum atomic E-state index is 13.5. The number of ether oxygens (including phenoxy) is 10. The lowest BCUT2D eigenvalue weighted by Gasteiger charge is -2.50. The zero-order valence-corrected chi connectivity index (χ0v) is 61.8. The van der Waals surface area contributed by atoms with Crippen molar-refractivity contribution in [2.24, 2.45) is 0 Å². The highest BCUT2D eigenvalue weighted by Crippen LogP contribution is 2.37. The van der Waals surface area contributed by atoms with Crippen molar-refractivity contribution in [3.05, 3.63) is 24.3 Å². The van der Waals surface area contributed by atoms with E-state index < -0.39 is 211 Å². The summed E-state index contributed by atoms with van der Waals surface area (Å²) in [4.78, 5) is 26.3. The number of hydrogen-bond donors (Lipinski definition) is 18. The third kappa shape index (κ3) is 30.2. The molecule has 27 atom stereocenters. The molecule has 0 aromatic heterocycles. The minimum atomic E-state index is -2.15. The SMILES string of the molecule is CCCCCCCC/C=C\CCCCCCCCCCCCCC(=O)N[C@@H](CO[C@@H]1OC(CO)[C@@H](O[C@@H]2OC(CO)[C@H](O)[C@H](O[C@@H]3OC(CO)[C@@H](O[C@@H]4OC(CO)[C@H](O)[C@H](O[C@@H]5OC(CO)[C@H](O)[C@H](O)C5O)C4O)[C@H](O)C3NC(C)=O)C2O)[C@H](O)C1O)[C@H](O)/C=C/CCCCCCCCCCCCC. The number of rotatable bonds is 53. The molecule has 104 heavy (non-hydrogen) atoms. The van der Waals surface area contributed by atoms with Gasteiger partial charge in [0.2, 0.25) is 11.8 Å². The molecule has 0 radical (unpaired) electrons. The highest BCUT2D eigenvalue weighted by atomic mass is 16.8. The summed E-state index contributed by atoms with van der Waals surface area (Å²) < 4.78 is 58.4. The summed E-state index contributed by atoms with van der Waals surface area (Å²) in [5.74, 6) is -1.16. The van der Waals surface area contributed by atoms with E-state index in [9.17, 15) is 91.3 Å². The number of aliphatic hydroxyl groups is 16. The van der Waals surface area contributed by atoms with Crippen molar-refractivity contribution in [2.45, 2.75) is 392 Å². The van der Waals surface area contributed by atoms with Gasteiger partial charge in [-0.15, -0.1) is 0 Å². The molecule has 5 saturated heterocycles. The van der Waals surface area contributed by atoms with Gasteiger partial charge in [0.05, 0.1) is 51.8 Å². The second kappa shape index (κ2) is 51.8. The van der Waals surface area contributed by atoms with E-state index in [1.807, 2.05) is 6.08 Å². The van der Waals surface area contributed by atoms with Crippen LogP contribution in [0.25, 0.3) is 0 Å². The quantitative estimate of drug-likeness (QED) is 0.0304. The largest absolute Gasteiger partial charge is 0.394 e. The summed E-state index contributed by atoms with van der Waals surface area (Å²) in [6.45, 7) is 0.345. The summed E-state index contributed by atoms with van der Waals surface area (Å²) in [6.07, 6.45) is -1.89. The fourth-order valence-corrected chi connectivity index (χ4v) is 14.0. The van der Waals surface area contributed by atoms with E-state index in [1.54, 1.807) is 6.08 Å². The van der Waals surface area contributed by atoms with Crippen LogP contribution in [0, 0.1) is 0 Å². The molecular weight excluding hydrogens is 1360 g/mol. The lowest BCUT2D eigenvalue weighted by atomic mass is 9.94. The zero-order valence-electron chi connectivity index (χ0n) is 61.8. The van der Waals surface area contributed by atoms with Gasteiger partial charge >= 0.3 is 0 Å². The lowest BCUT2D eigenvalue weighted by molar-refractivity contribution is -0.387. The predicted molar refractivity (Wildman–Crippen MR) is 377 cm³/mol. The van der Waals surface area contributed by atoms with Crippen LogP contribution in [-0.2, 0) is 57.0 Å². The molecule has 5 aliphatic heterocycles. The average Bonchev–Trinajstić information content (AvgIpc) is 0.771. The Hall–Kier alpha value is -2.62. The van der Waals surface area contributed by atoms with Gasteiger partial charge in [0.1, 0.15) is 122 Å². The fraction of sp³-hybridized carbons (Fsp3) is 0.919. The van der Waals surface area contributed by atoms with Gasteiger partial charge in [-0.05, 0) is 44.9 Å². The number of nitrogens with one attached hydrogen (secondary N) is 2. The van der Waals surface area contributed by atoms with Gasteiger partial charge < -0.3 is 140 Å². The molecule has 0 saturated carbocycles. The summed E-state index contributed by atoms with van der Waals surface area (Å²) in [5.41, 5.74) is 0. The smallest absolute Gasteiger partial charge is 0.220 e. The van der Waals surface area contributed by atoms with Gasteiger partial charge in [-0.25, -0.2) is 0 Å². The number of allylic oxidation sites excluding steroid dienone is 3. The molecule has 0 spiro atoms. The lowest BCUT2D eigenvalue weighted by Crippen LogP contribution is -2.70. The first-order valence-corrected chi connectivity index (χ1v) is 39.1. The third-order valence-electron chi connectivity index (χ3n) is 20.4. The summed E-state index contributed by atoms with van der Waals surface area (Å²) in [7, 11) is 0.